The molecule has 2 aromatic carbocycles. The van der Waals surface area contributed by atoms with Gasteiger partial charge in [0.25, 0.3) is 0 Å². The lowest BCUT2D eigenvalue weighted by Crippen LogP contribution is -2.36. The Morgan fingerprint density at radius 2 is 1.89 bits per heavy atom. The number of carbonyl (C=O) groups is 1. The zero-order chi connectivity index (χ0) is 19.4. The molecular formula is C19H20F2N2O4. The molecular weight excluding hydrogens is 358 g/mol. The molecule has 1 aliphatic rings. The monoisotopic (exact) mass is 378 g/mol. The first kappa shape index (κ1) is 18.8. The van der Waals surface area contributed by atoms with Gasteiger partial charge in [0.1, 0.15) is 5.75 Å². The number of nitrogens with one attached hydrogen (secondary N) is 1. The van der Waals surface area contributed by atoms with Gasteiger partial charge in [-0.15, -0.1) is 0 Å². The number of nitrogens with zero attached hydrogens (tertiary/aromatic N) is 1. The van der Waals surface area contributed by atoms with E-state index in [1.165, 1.54) is 19.2 Å². The predicted molar refractivity (Wildman–Crippen MR) is 94.1 cm³/mol. The van der Waals surface area contributed by atoms with Crippen molar-refractivity contribution in [2.24, 2.45) is 0 Å². The van der Waals surface area contributed by atoms with Gasteiger partial charge >= 0.3 is 12.6 Å². The summed E-state index contributed by atoms with van der Waals surface area (Å²) >= 11 is 0. The molecule has 0 atom stereocenters. The van der Waals surface area contributed by atoms with Crippen LogP contribution < -0.4 is 19.5 Å². The highest BCUT2D eigenvalue weighted by molar-refractivity contribution is 5.75. The van der Waals surface area contributed by atoms with E-state index in [4.69, 9.17) is 9.47 Å². The third-order valence-electron chi connectivity index (χ3n) is 4.34. The fraction of sp³-hybridized carbons (Fsp3) is 0.316. The average molecular weight is 378 g/mol. The summed E-state index contributed by atoms with van der Waals surface area (Å²) < 4.78 is 39.8. The van der Waals surface area contributed by atoms with Crippen molar-refractivity contribution in [2.45, 2.75) is 26.2 Å². The van der Waals surface area contributed by atoms with E-state index in [0.29, 0.717) is 18.7 Å². The minimum atomic E-state index is -2.96. The molecule has 1 N–H and O–H groups in total. The number of benzene rings is 2. The Bertz CT molecular complexity index is 829. The second kappa shape index (κ2) is 8.11. The van der Waals surface area contributed by atoms with Crippen molar-refractivity contribution in [2.75, 3.05) is 14.2 Å². The number of methoxy groups -OCH3 is 2. The largest absolute Gasteiger partial charge is 0.496 e. The SMILES string of the molecule is COc1ccc(CNC(=O)N2Cc3cccc(OC)c3C2)cc1OC(F)F. The van der Waals surface area contributed by atoms with Crippen molar-refractivity contribution in [3.05, 3.63) is 53.1 Å². The molecule has 0 fully saturated rings. The maximum absolute atomic E-state index is 12.5. The van der Waals surface area contributed by atoms with Crippen LogP contribution in [0.5, 0.6) is 17.2 Å². The van der Waals surface area contributed by atoms with Gasteiger partial charge in [-0.2, -0.15) is 8.78 Å². The van der Waals surface area contributed by atoms with Crippen molar-refractivity contribution in [3.8, 4) is 17.2 Å². The average Bonchev–Trinajstić information content (AvgIpc) is 3.10. The van der Waals surface area contributed by atoms with E-state index in [0.717, 1.165) is 16.9 Å². The maximum Gasteiger partial charge on any atom is 0.387 e. The van der Waals surface area contributed by atoms with Crippen LogP contribution in [0.4, 0.5) is 13.6 Å². The van der Waals surface area contributed by atoms with Gasteiger partial charge in [0.05, 0.1) is 20.8 Å². The van der Waals surface area contributed by atoms with E-state index in [9.17, 15) is 13.6 Å². The van der Waals surface area contributed by atoms with Crippen LogP contribution in [0.3, 0.4) is 0 Å². The molecule has 0 unspecified atom stereocenters. The molecule has 1 heterocycles. The van der Waals surface area contributed by atoms with E-state index in [1.807, 2.05) is 18.2 Å². The van der Waals surface area contributed by atoms with Gasteiger partial charge in [0, 0.05) is 18.7 Å². The third-order valence-corrected chi connectivity index (χ3v) is 4.34. The van der Waals surface area contributed by atoms with Gasteiger partial charge in [0.15, 0.2) is 11.5 Å². The zero-order valence-electron chi connectivity index (χ0n) is 15.0. The Kier molecular flexibility index (Phi) is 5.63. The minimum Gasteiger partial charge on any atom is -0.496 e. The summed E-state index contributed by atoms with van der Waals surface area (Å²) in [4.78, 5) is 14.1. The summed E-state index contributed by atoms with van der Waals surface area (Å²) in [5.41, 5.74) is 2.66. The number of ether oxygens (including phenoxy) is 3. The van der Waals surface area contributed by atoms with Crippen LogP contribution >= 0.6 is 0 Å². The first-order chi connectivity index (χ1) is 13.0. The number of rotatable bonds is 6. The second-order valence-corrected chi connectivity index (χ2v) is 5.98. The van der Waals surface area contributed by atoms with Crippen molar-refractivity contribution in [3.63, 3.8) is 0 Å². The molecule has 0 saturated carbocycles. The lowest BCUT2D eigenvalue weighted by atomic mass is 10.1. The van der Waals surface area contributed by atoms with Gasteiger partial charge in [-0.05, 0) is 29.3 Å². The van der Waals surface area contributed by atoms with Gasteiger partial charge < -0.3 is 24.4 Å². The van der Waals surface area contributed by atoms with Crippen LogP contribution in [0.2, 0.25) is 0 Å². The molecule has 3 rings (SSSR count). The number of amides is 2. The quantitative estimate of drug-likeness (QED) is 0.836. The van der Waals surface area contributed by atoms with Gasteiger partial charge in [-0.1, -0.05) is 18.2 Å². The Balaban J connectivity index is 1.63. The standard InChI is InChI=1S/C19H20F2N2O4/c1-25-15-5-3-4-13-10-23(11-14(13)15)19(24)22-9-12-6-7-16(26-2)17(8-12)27-18(20)21/h3-8,18H,9-11H2,1-2H3,(H,22,24). The molecule has 0 saturated heterocycles. The molecule has 6 nitrogen and oxygen atoms in total. The molecule has 2 amide bonds. The van der Waals surface area contributed by atoms with Gasteiger partial charge in [0.2, 0.25) is 0 Å². The fourth-order valence-corrected chi connectivity index (χ4v) is 3.03. The fourth-order valence-electron chi connectivity index (χ4n) is 3.03. The number of halogens is 2. The summed E-state index contributed by atoms with van der Waals surface area (Å²) in [5.74, 6) is 0.886. The normalized spacial score (nSPS) is 12.7. The summed E-state index contributed by atoms with van der Waals surface area (Å²) in [6, 6.07) is 10.1. The molecule has 0 aromatic heterocycles. The van der Waals surface area contributed by atoms with E-state index >= 15 is 0 Å². The van der Waals surface area contributed by atoms with E-state index < -0.39 is 6.61 Å². The minimum absolute atomic E-state index is 0.0717. The maximum atomic E-state index is 12.5. The Morgan fingerprint density at radius 3 is 2.59 bits per heavy atom. The van der Waals surface area contributed by atoms with Crippen LogP contribution in [-0.4, -0.2) is 31.8 Å². The zero-order valence-corrected chi connectivity index (χ0v) is 15.0. The van der Waals surface area contributed by atoms with E-state index in [1.54, 1.807) is 18.1 Å². The Labute approximate surface area is 155 Å². The van der Waals surface area contributed by atoms with E-state index in [-0.39, 0.29) is 24.1 Å². The predicted octanol–water partition coefficient (Wildman–Crippen LogP) is 3.53. The molecule has 0 radical (unpaired) electrons. The second-order valence-electron chi connectivity index (χ2n) is 5.98. The van der Waals surface area contributed by atoms with Crippen molar-refractivity contribution < 1.29 is 27.8 Å². The van der Waals surface area contributed by atoms with Crippen LogP contribution in [0.25, 0.3) is 0 Å². The number of hydrogen-bond acceptors (Lipinski definition) is 4. The number of fused-ring (bicyclic) bond motifs is 1. The van der Waals surface area contributed by atoms with E-state index in [2.05, 4.69) is 10.1 Å². The highest BCUT2D eigenvalue weighted by Crippen LogP contribution is 2.31. The van der Waals surface area contributed by atoms with Crippen molar-refractivity contribution in [1.82, 2.24) is 10.2 Å². The number of alkyl halides is 2. The molecule has 2 aromatic rings. The molecule has 0 spiro atoms. The van der Waals surface area contributed by atoms with Crippen molar-refractivity contribution in [1.29, 1.82) is 0 Å². The molecule has 1 aliphatic heterocycles. The first-order valence-electron chi connectivity index (χ1n) is 8.31. The van der Waals surface area contributed by atoms with Crippen molar-refractivity contribution >= 4 is 6.03 Å². The van der Waals surface area contributed by atoms with Crippen LogP contribution in [0, 0.1) is 0 Å². The Morgan fingerprint density at radius 1 is 1.11 bits per heavy atom. The van der Waals surface area contributed by atoms with Crippen LogP contribution in [0.15, 0.2) is 36.4 Å². The Hall–Kier alpha value is -3.03. The smallest absolute Gasteiger partial charge is 0.387 e. The lowest BCUT2D eigenvalue weighted by Gasteiger charge is -2.17. The lowest BCUT2D eigenvalue weighted by molar-refractivity contribution is -0.0512. The molecule has 144 valence electrons. The summed E-state index contributed by atoms with van der Waals surface area (Å²) in [5, 5.41) is 2.79. The third kappa shape index (κ3) is 4.21. The molecule has 27 heavy (non-hydrogen) atoms. The topological polar surface area (TPSA) is 60.0 Å². The van der Waals surface area contributed by atoms with Gasteiger partial charge in [-0.25, -0.2) is 4.79 Å². The highest BCUT2D eigenvalue weighted by atomic mass is 19.3. The summed E-state index contributed by atoms with van der Waals surface area (Å²) in [6.07, 6.45) is 0. The molecule has 0 aliphatic carbocycles. The summed E-state index contributed by atoms with van der Waals surface area (Å²) in [7, 11) is 2.97. The number of carbonyl (C=O) groups excluding carboxylic acids is 1. The van der Waals surface area contributed by atoms with Crippen LogP contribution in [0.1, 0.15) is 16.7 Å². The first-order valence-corrected chi connectivity index (χ1v) is 8.31. The number of urea groups is 1. The molecule has 8 heteroatoms. The summed E-state index contributed by atoms with van der Waals surface area (Å²) in [6.45, 7) is -1.84. The van der Waals surface area contributed by atoms with Gasteiger partial charge in [-0.3, -0.25) is 0 Å². The number of hydrogen-bond donors (Lipinski definition) is 1. The highest BCUT2D eigenvalue weighted by Gasteiger charge is 2.25. The van der Waals surface area contributed by atoms with Crippen LogP contribution in [-0.2, 0) is 19.6 Å². The molecule has 0 bridgehead atoms.